The van der Waals surface area contributed by atoms with E-state index in [1.165, 1.54) is 11.8 Å². The van der Waals surface area contributed by atoms with Gasteiger partial charge in [0.25, 0.3) is 0 Å². The molecule has 1 aliphatic rings. The number of thioether (sulfide) groups is 1. The second-order valence-electron chi connectivity index (χ2n) is 4.32. The second-order valence-corrected chi connectivity index (χ2v) is 6.91. The summed E-state index contributed by atoms with van der Waals surface area (Å²) in [6.45, 7) is 1.78. The first-order valence-electron chi connectivity index (χ1n) is 5.93. The van der Waals surface area contributed by atoms with Crippen LogP contribution in [0.1, 0.15) is 12.5 Å². The maximum Gasteiger partial charge on any atom is 0.325 e. The van der Waals surface area contributed by atoms with E-state index in [1.807, 2.05) is 30.3 Å². The van der Waals surface area contributed by atoms with Crippen molar-refractivity contribution in [3.63, 3.8) is 0 Å². The van der Waals surface area contributed by atoms with E-state index in [0.29, 0.717) is 10.6 Å². The van der Waals surface area contributed by atoms with Gasteiger partial charge in [-0.25, -0.2) is 0 Å². The third kappa shape index (κ3) is 3.97. The third-order valence-electron chi connectivity index (χ3n) is 2.57. The van der Waals surface area contributed by atoms with Gasteiger partial charge in [0.15, 0.2) is 0 Å². The molecule has 0 aromatic heterocycles. The van der Waals surface area contributed by atoms with Crippen LogP contribution in [0.5, 0.6) is 0 Å². The minimum atomic E-state index is -3.64. The van der Waals surface area contributed by atoms with E-state index in [2.05, 4.69) is 15.5 Å². The van der Waals surface area contributed by atoms with Crippen molar-refractivity contribution >= 4 is 32.5 Å². The van der Waals surface area contributed by atoms with E-state index in [0.717, 1.165) is 22.3 Å². The van der Waals surface area contributed by atoms with Crippen molar-refractivity contribution in [1.29, 1.82) is 5.26 Å². The summed E-state index contributed by atoms with van der Waals surface area (Å²) in [7, 11) is -3.64. The highest BCUT2D eigenvalue weighted by Gasteiger charge is 2.20. The van der Waals surface area contributed by atoms with Gasteiger partial charge in [-0.05, 0) is 24.1 Å². The van der Waals surface area contributed by atoms with Crippen LogP contribution in [0, 0.1) is 11.3 Å². The van der Waals surface area contributed by atoms with Gasteiger partial charge < -0.3 is 0 Å². The molecule has 0 amide bonds. The normalized spacial score (nSPS) is 19.1. The van der Waals surface area contributed by atoms with Crippen LogP contribution in [0.2, 0.25) is 0 Å². The van der Waals surface area contributed by atoms with Crippen LogP contribution >= 0.6 is 11.8 Å². The zero-order chi connectivity index (χ0) is 15.5. The molecule has 0 spiro atoms. The van der Waals surface area contributed by atoms with E-state index in [9.17, 15) is 13.7 Å². The van der Waals surface area contributed by atoms with Crippen LogP contribution in [0.4, 0.5) is 0 Å². The fraction of sp³-hybridized carbons (Fsp3) is 0.143. The monoisotopic (exact) mass is 320 g/mol. The van der Waals surface area contributed by atoms with Crippen molar-refractivity contribution in [1.82, 2.24) is 0 Å². The molecule has 5 nitrogen and oxygen atoms in total. The molecule has 0 aliphatic carbocycles. The number of oxime groups is 1. The molecule has 0 fully saturated rings. The van der Waals surface area contributed by atoms with E-state index < -0.39 is 10.1 Å². The summed E-state index contributed by atoms with van der Waals surface area (Å²) in [6.07, 6.45) is 2.72. The van der Waals surface area contributed by atoms with Gasteiger partial charge in [-0.3, -0.25) is 4.28 Å². The molecule has 0 atom stereocenters. The Morgan fingerprint density at radius 1 is 1.33 bits per heavy atom. The maximum absolute atomic E-state index is 11.0. The van der Waals surface area contributed by atoms with Crippen molar-refractivity contribution < 1.29 is 12.7 Å². The molecule has 7 heteroatoms. The number of hydrogen-bond acceptors (Lipinski definition) is 6. The molecule has 0 unspecified atom stereocenters. The smallest absolute Gasteiger partial charge is 0.268 e. The highest BCUT2D eigenvalue weighted by Crippen LogP contribution is 2.37. The van der Waals surface area contributed by atoms with Crippen LogP contribution in [-0.4, -0.2) is 19.7 Å². The first-order chi connectivity index (χ1) is 9.90. The van der Waals surface area contributed by atoms with E-state index in [-0.39, 0.29) is 0 Å². The molecule has 0 saturated heterocycles. The highest BCUT2D eigenvalue weighted by molar-refractivity contribution is 8.18. The average molecular weight is 320 g/mol. The fourth-order valence-electron chi connectivity index (χ4n) is 1.65. The Balaban J connectivity index is 2.36. The number of rotatable bonds is 3. The van der Waals surface area contributed by atoms with Gasteiger partial charge in [0, 0.05) is 4.91 Å². The fourth-order valence-corrected chi connectivity index (χ4v) is 2.92. The Hall–Kier alpha value is -2.04. The molecule has 0 saturated carbocycles. The molecule has 108 valence electrons. The van der Waals surface area contributed by atoms with Crippen LogP contribution in [0.15, 0.2) is 52.0 Å². The van der Waals surface area contributed by atoms with E-state index >= 15 is 0 Å². The van der Waals surface area contributed by atoms with Gasteiger partial charge in [0.1, 0.15) is 11.1 Å². The SMILES string of the molecule is CC1=CC(=C(\C#N)c2ccccc2)/S/C1=N/OS(C)(=O)=O. The second kappa shape index (κ2) is 6.16. The minimum absolute atomic E-state index is 0.430. The topological polar surface area (TPSA) is 79.5 Å². The lowest BCUT2D eigenvalue weighted by atomic mass is 10.1. The average Bonchev–Trinajstić information content (AvgIpc) is 2.79. The van der Waals surface area contributed by atoms with Crippen molar-refractivity contribution in [3.05, 3.63) is 52.4 Å². The predicted octanol–water partition coefficient (Wildman–Crippen LogP) is 2.90. The summed E-state index contributed by atoms with van der Waals surface area (Å²) >= 11 is 1.21. The molecule has 1 heterocycles. The summed E-state index contributed by atoms with van der Waals surface area (Å²) < 4.78 is 26.4. The standard InChI is InChI=1S/C14H12N2O3S2/c1-10-8-13(20-14(10)16-19-21(2,17)18)12(9-15)11-6-4-3-5-7-11/h3-8H,1-2H3/b13-12-,16-14+. The molecular formula is C14H12N2O3S2. The zero-order valence-corrected chi connectivity index (χ0v) is 13.0. The Bertz CT molecular complexity index is 785. The van der Waals surface area contributed by atoms with Gasteiger partial charge in [0.2, 0.25) is 0 Å². The lowest BCUT2D eigenvalue weighted by molar-refractivity contribution is 0.344. The molecule has 1 aromatic carbocycles. The maximum atomic E-state index is 11.0. The Labute approximate surface area is 127 Å². The van der Waals surface area contributed by atoms with Crippen LogP contribution < -0.4 is 0 Å². The van der Waals surface area contributed by atoms with Crippen molar-refractivity contribution in [2.45, 2.75) is 6.92 Å². The number of nitriles is 1. The number of nitrogens with zero attached hydrogens (tertiary/aromatic N) is 2. The molecule has 21 heavy (non-hydrogen) atoms. The van der Waals surface area contributed by atoms with Crippen molar-refractivity contribution in [2.24, 2.45) is 5.16 Å². The largest absolute Gasteiger partial charge is 0.325 e. The number of hydrogen-bond donors (Lipinski definition) is 0. The zero-order valence-electron chi connectivity index (χ0n) is 11.4. The molecule has 0 N–H and O–H groups in total. The molecule has 2 rings (SSSR count). The Morgan fingerprint density at radius 3 is 2.57 bits per heavy atom. The molecule has 1 aliphatic heterocycles. The molecule has 0 bridgehead atoms. The first-order valence-corrected chi connectivity index (χ1v) is 8.57. The lowest BCUT2D eigenvalue weighted by Crippen LogP contribution is -1.99. The van der Waals surface area contributed by atoms with Crippen LogP contribution in [0.25, 0.3) is 5.57 Å². The number of allylic oxidation sites excluding steroid dienone is 2. The van der Waals surface area contributed by atoms with Gasteiger partial charge in [-0.15, -0.1) is 0 Å². The molecule has 1 aromatic rings. The summed E-state index contributed by atoms with van der Waals surface area (Å²) in [5.41, 5.74) is 2.07. The van der Waals surface area contributed by atoms with Gasteiger partial charge in [-0.2, -0.15) is 13.7 Å². The quantitative estimate of drug-likeness (QED) is 0.632. The molecule has 0 radical (unpaired) electrons. The van der Waals surface area contributed by atoms with Crippen molar-refractivity contribution in [2.75, 3.05) is 6.26 Å². The van der Waals surface area contributed by atoms with Crippen LogP contribution in [0.3, 0.4) is 0 Å². The van der Waals surface area contributed by atoms with E-state index in [4.69, 9.17) is 0 Å². The van der Waals surface area contributed by atoms with Gasteiger partial charge in [-0.1, -0.05) is 47.2 Å². The third-order valence-corrected chi connectivity index (χ3v) is 4.04. The predicted molar refractivity (Wildman–Crippen MR) is 83.7 cm³/mol. The van der Waals surface area contributed by atoms with E-state index in [1.54, 1.807) is 13.0 Å². The summed E-state index contributed by atoms with van der Waals surface area (Å²) in [5.74, 6) is 0. The van der Waals surface area contributed by atoms with Crippen LogP contribution in [-0.2, 0) is 14.4 Å². The highest BCUT2D eigenvalue weighted by atomic mass is 32.2. The molecular weight excluding hydrogens is 308 g/mol. The summed E-state index contributed by atoms with van der Waals surface area (Å²) in [4.78, 5) is 0.719. The lowest BCUT2D eigenvalue weighted by Gasteiger charge is -2.02. The van der Waals surface area contributed by atoms with Gasteiger partial charge in [0.05, 0.1) is 11.8 Å². The summed E-state index contributed by atoms with van der Waals surface area (Å²) in [5, 5.41) is 13.4. The Kier molecular flexibility index (Phi) is 4.50. The first kappa shape index (κ1) is 15.4. The summed E-state index contributed by atoms with van der Waals surface area (Å²) in [6, 6.07) is 11.4. The number of benzene rings is 1. The minimum Gasteiger partial charge on any atom is -0.268 e. The van der Waals surface area contributed by atoms with Crippen molar-refractivity contribution in [3.8, 4) is 6.07 Å². The Morgan fingerprint density at radius 2 is 2.00 bits per heavy atom. The van der Waals surface area contributed by atoms with Gasteiger partial charge >= 0.3 is 10.1 Å².